The molecule has 1 aromatic rings. The van der Waals surface area contributed by atoms with Gasteiger partial charge in [-0.1, -0.05) is 70.2 Å². The van der Waals surface area contributed by atoms with Crippen LogP contribution in [0.1, 0.15) is 114 Å². The summed E-state index contributed by atoms with van der Waals surface area (Å²) < 4.78 is 33.9. The van der Waals surface area contributed by atoms with E-state index < -0.39 is 62.8 Å². The molecule has 1 aromatic carbocycles. The fourth-order valence-corrected chi connectivity index (χ4v) is 11.1. The number of hydrogen-bond donors (Lipinski definition) is 2. The number of carbonyl (C=O) groups excluding carboxylic acids is 4. The van der Waals surface area contributed by atoms with Crippen LogP contribution in [0.3, 0.4) is 0 Å². The first-order chi connectivity index (χ1) is 25.7. The van der Waals surface area contributed by atoms with Crippen LogP contribution in [0.15, 0.2) is 30.9 Å². The van der Waals surface area contributed by atoms with E-state index >= 15 is 4.79 Å². The van der Waals surface area contributed by atoms with Crippen LogP contribution < -0.4 is 10.0 Å². The summed E-state index contributed by atoms with van der Waals surface area (Å²) in [7, 11) is -1.83. The highest BCUT2D eigenvalue weighted by molar-refractivity contribution is 7.91. The van der Waals surface area contributed by atoms with Crippen LogP contribution in [0, 0.1) is 17.3 Å². The Bertz CT molecular complexity index is 1750. The molecule has 0 aromatic heterocycles. The zero-order chi connectivity index (χ0) is 38.4. The van der Waals surface area contributed by atoms with Crippen molar-refractivity contribution in [2.75, 3.05) is 20.1 Å². The molecule has 2 N–H and O–H groups in total. The first kappa shape index (κ1) is 38.8. The molecule has 3 aliphatic carbocycles. The lowest BCUT2D eigenvalue weighted by Crippen LogP contribution is -2.59. The Morgan fingerprint density at radius 3 is 2.41 bits per heavy atom. The second kappa shape index (κ2) is 15.2. The van der Waals surface area contributed by atoms with Crippen molar-refractivity contribution in [3.63, 3.8) is 0 Å². The molecule has 4 bridgehead atoms. The van der Waals surface area contributed by atoms with E-state index in [9.17, 15) is 22.8 Å². The smallest absolute Gasteiger partial charge is 0.410 e. The molecule has 296 valence electrons. The minimum atomic E-state index is -3.86. The SMILES string of the molecule is C=C[C@@H]1C[C@]1(NC(=O)[C@@H]1C[C@@H]2CN1C(=O)[C@H](C1CCCCC1)N(C)CC(C)(C)CCCCCc1cccc3c1CN(C3)C(=O)O2)C(=O)NS(=O)(=O)C1CC1. The highest BCUT2D eigenvalue weighted by Crippen LogP contribution is 2.46. The molecule has 3 aliphatic heterocycles. The number of nitrogens with zero attached hydrogens (tertiary/aromatic N) is 3. The highest BCUT2D eigenvalue weighted by Gasteiger charge is 2.62. The van der Waals surface area contributed by atoms with E-state index in [0.717, 1.165) is 69.8 Å². The Labute approximate surface area is 320 Å². The lowest BCUT2D eigenvalue weighted by molar-refractivity contribution is -0.145. The van der Waals surface area contributed by atoms with Gasteiger partial charge in [-0.15, -0.1) is 6.58 Å². The number of ether oxygens (including phenoxy) is 1. The standard InChI is InChI=1S/C41H59N5O7S/c1-5-30-22-41(30,38(49)43-54(51,52)32-18-19-32)42-36(47)34-21-31-24-46(34)37(48)35(28-14-8-6-9-15-28)44(4)26-40(2,3)20-11-7-10-13-27-16-12-17-29-23-45(25-33(27)29)39(50)53-31/h5,12,16-17,28,30-32,34-35H,1,6-11,13-15,18-26H2,2-4H3,(H,42,47)(H,43,49)/t30-,31-,34+,35+,41-/m1/s1. The molecule has 0 radical (unpaired) electrons. The van der Waals surface area contributed by atoms with E-state index in [4.69, 9.17) is 4.74 Å². The Kier molecular flexibility index (Phi) is 11.0. The molecule has 3 saturated carbocycles. The summed E-state index contributed by atoms with van der Waals surface area (Å²) in [5, 5.41) is 2.29. The fourth-order valence-electron chi connectivity index (χ4n) is 9.78. The Balaban J connectivity index is 1.18. The maximum atomic E-state index is 15.1. The van der Waals surface area contributed by atoms with Crippen molar-refractivity contribution in [2.24, 2.45) is 17.3 Å². The normalized spacial score (nSPS) is 31.2. The van der Waals surface area contributed by atoms with Crippen LogP contribution in [0.25, 0.3) is 0 Å². The maximum absolute atomic E-state index is 15.1. The van der Waals surface area contributed by atoms with Crippen molar-refractivity contribution in [3.05, 3.63) is 47.5 Å². The number of fused-ring (bicyclic) bond motifs is 3. The molecule has 0 spiro atoms. The Morgan fingerprint density at radius 2 is 1.70 bits per heavy atom. The zero-order valence-corrected chi connectivity index (χ0v) is 33.1. The third-order valence-corrected chi connectivity index (χ3v) is 14.8. The molecule has 7 rings (SSSR count). The molecule has 4 amide bonds. The van der Waals surface area contributed by atoms with Gasteiger partial charge in [0.05, 0.1) is 17.8 Å². The number of rotatable bonds is 7. The molecular weight excluding hydrogens is 707 g/mol. The average molecular weight is 766 g/mol. The molecule has 13 heteroatoms. The first-order valence-electron chi connectivity index (χ1n) is 20.3. The molecule has 3 heterocycles. The fraction of sp³-hybridized carbons (Fsp3) is 0.707. The van der Waals surface area contributed by atoms with Crippen LogP contribution in [0.4, 0.5) is 4.79 Å². The quantitative estimate of drug-likeness (QED) is 0.377. The van der Waals surface area contributed by atoms with Gasteiger partial charge >= 0.3 is 6.09 Å². The largest absolute Gasteiger partial charge is 0.444 e. The third kappa shape index (κ3) is 8.08. The van der Waals surface area contributed by atoms with E-state index in [0.29, 0.717) is 32.5 Å². The third-order valence-electron chi connectivity index (χ3n) is 13.0. The molecule has 5 atom stereocenters. The zero-order valence-electron chi connectivity index (χ0n) is 32.3. The van der Waals surface area contributed by atoms with Gasteiger partial charge in [-0.2, -0.15) is 0 Å². The number of nitrogens with one attached hydrogen (secondary N) is 2. The van der Waals surface area contributed by atoms with Crippen LogP contribution in [0.2, 0.25) is 0 Å². The first-order valence-corrected chi connectivity index (χ1v) is 21.8. The number of amides is 4. The number of carbonyl (C=O) groups is 4. The second-order valence-corrected chi connectivity index (χ2v) is 19.8. The number of likely N-dealkylation sites (N-methyl/N-ethyl adjacent to an activating group) is 1. The van der Waals surface area contributed by atoms with E-state index in [2.05, 4.69) is 53.6 Å². The predicted octanol–water partition coefficient (Wildman–Crippen LogP) is 4.80. The average Bonchev–Trinajstić information content (AvgIpc) is 4.02. The number of sulfonamides is 1. The maximum Gasteiger partial charge on any atom is 0.410 e. The summed E-state index contributed by atoms with van der Waals surface area (Å²) in [6, 6.07) is 4.80. The van der Waals surface area contributed by atoms with E-state index in [1.807, 2.05) is 7.05 Å². The van der Waals surface area contributed by atoms with Gasteiger partial charge in [-0.05, 0) is 86.4 Å². The van der Waals surface area contributed by atoms with Crippen molar-refractivity contribution in [1.29, 1.82) is 0 Å². The van der Waals surface area contributed by atoms with Gasteiger partial charge in [0.1, 0.15) is 17.7 Å². The monoisotopic (exact) mass is 765 g/mol. The highest BCUT2D eigenvalue weighted by atomic mass is 32.2. The van der Waals surface area contributed by atoms with Crippen molar-refractivity contribution in [2.45, 2.75) is 146 Å². The van der Waals surface area contributed by atoms with Crippen molar-refractivity contribution < 1.29 is 32.3 Å². The number of benzene rings is 1. The topological polar surface area (TPSA) is 145 Å². The van der Waals surface area contributed by atoms with Gasteiger partial charge < -0.3 is 15.0 Å². The van der Waals surface area contributed by atoms with Gasteiger partial charge in [-0.25, -0.2) is 13.2 Å². The molecule has 1 saturated heterocycles. The van der Waals surface area contributed by atoms with Gasteiger partial charge in [0.25, 0.3) is 5.91 Å². The Hall–Kier alpha value is -3.45. The van der Waals surface area contributed by atoms with Crippen LogP contribution in [-0.2, 0) is 48.7 Å². The molecule has 6 aliphatic rings. The summed E-state index contributed by atoms with van der Waals surface area (Å²) in [5.74, 6) is -1.86. The van der Waals surface area contributed by atoms with E-state index in [1.54, 1.807) is 15.9 Å². The van der Waals surface area contributed by atoms with Crippen LogP contribution >= 0.6 is 0 Å². The van der Waals surface area contributed by atoms with Gasteiger partial charge in [0.15, 0.2) is 0 Å². The minimum absolute atomic E-state index is 0.0502. The minimum Gasteiger partial charge on any atom is -0.444 e. The summed E-state index contributed by atoms with van der Waals surface area (Å²) in [6.07, 6.45) is 11.9. The molecule has 12 nitrogen and oxygen atoms in total. The summed E-state index contributed by atoms with van der Waals surface area (Å²) >= 11 is 0. The van der Waals surface area contributed by atoms with Gasteiger partial charge in [0, 0.05) is 32.0 Å². The molecule has 54 heavy (non-hydrogen) atoms. The molecular formula is C41H59N5O7S. The summed E-state index contributed by atoms with van der Waals surface area (Å²) in [5.41, 5.74) is 2.03. The summed E-state index contributed by atoms with van der Waals surface area (Å²) in [4.78, 5) is 62.4. The van der Waals surface area contributed by atoms with Crippen molar-refractivity contribution >= 4 is 33.8 Å². The van der Waals surface area contributed by atoms with E-state index in [1.165, 1.54) is 11.1 Å². The van der Waals surface area contributed by atoms with Crippen molar-refractivity contribution in [1.82, 2.24) is 24.7 Å². The Morgan fingerprint density at radius 1 is 0.981 bits per heavy atom. The van der Waals surface area contributed by atoms with Gasteiger partial charge in [0.2, 0.25) is 21.8 Å². The van der Waals surface area contributed by atoms with E-state index in [-0.39, 0.29) is 36.6 Å². The van der Waals surface area contributed by atoms with Crippen LogP contribution in [-0.4, -0.2) is 96.0 Å². The molecule has 0 unspecified atom stereocenters. The van der Waals surface area contributed by atoms with Crippen molar-refractivity contribution in [3.8, 4) is 0 Å². The molecule has 4 fully saturated rings. The lowest BCUT2D eigenvalue weighted by atomic mass is 9.80. The number of aryl methyl sites for hydroxylation is 1. The predicted molar refractivity (Wildman–Crippen MR) is 204 cm³/mol. The van der Waals surface area contributed by atoms with Crippen LogP contribution in [0.5, 0.6) is 0 Å². The summed E-state index contributed by atoms with van der Waals surface area (Å²) in [6.45, 7) is 10.0. The van der Waals surface area contributed by atoms with Gasteiger partial charge in [-0.3, -0.25) is 28.9 Å². The second-order valence-electron chi connectivity index (χ2n) is 17.8. The number of hydrogen-bond acceptors (Lipinski definition) is 8. The lowest BCUT2D eigenvalue weighted by Gasteiger charge is -2.42.